The maximum atomic E-state index is 12.0. The summed E-state index contributed by atoms with van der Waals surface area (Å²) in [6.07, 6.45) is 2.48. The summed E-state index contributed by atoms with van der Waals surface area (Å²) < 4.78 is 1.10. The molecule has 1 amide bonds. The number of benzene rings is 1. The summed E-state index contributed by atoms with van der Waals surface area (Å²) in [4.78, 5) is 19.1. The molecule has 1 aliphatic heterocycles. The van der Waals surface area contributed by atoms with Gasteiger partial charge in [-0.25, -0.2) is 4.98 Å². The van der Waals surface area contributed by atoms with Crippen molar-refractivity contribution in [1.29, 1.82) is 0 Å². The Bertz CT molecular complexity index is 676. The first-order chi connectivity index (χ1) is 10.5. The fourth-order valence-electron chi connectivity index (χ4n) is 2.56. The van der Waals surface area contributed by atoms with Gasteiger partial charge in [-0.1, -0.05) is 25.2 Å². The molecule has 1 atom stereocenters. The molecule has 0 bridgehead atoms. The summed E-state index contributed by atoms with van der Waals surface area (Å²) in [5.74, 6) is -0.0208. The molecule has 1 fully saturated rings. The molecule has 3 N–H and O–H groups in total. The zero-order valence-corrected chi connectivity index (χ0v) is 13.8. The number of carbonyl (C=O) groups is 1. The van der Waals surface area contributed by atoms with Crippen molar-refractivity contribution in [1.82, 2.24) is 4.98 Å². The quantitative estimate of drug-likeness (QED) is 0.909. The summed E-state index contributed by atoms with van der Waals surface area (Å²) in [6.45, 7) is 6.07. The van der Waals surface area contributed by atoms with E-state index in [9.17, 15) is 4.79 Å². The molecular formula is C16H22N4OS. The topological polar surface area (TPSA) is 71.2 Å². The van der Waals surface area contributed by atoms with E-state index in [1.165, 1.54) is 12.8 Å². The second-order valence-electron chi connectivity index (χ2n) is 6.13. The lowest BCUT2D eigenvalue weighted by Crippen LogP contribution is -2.39. The van der Waals surface area contributed by atoms with Crippen LogP contribution < -0.4 is 16.0 Å². The van der Waals surface area contributed by atoms with Gasteiger partial charge >= 0.3 is 0 Å². The minimum absolute atomic E-state index is 0.119. The third-order valence-corrected chi connectivity index (χ3v) is 5.12. The Hall–Kier alpha value is -1.66. The molecule has 1 saturated heterocycles. The third-order valence-electron chi connectivity index (χ3n) is 4.04. The van der Waals surface area contributed by atoms with Crippen LogP contribution in [0.15, 0.2) is 18.2 Å². The molecule has 22 heavy (non-hydrogen) atoms. The zero-order chi connectivity index (χ0) is 15.7. The molecule has 0 unspecified atom stereocenters. The summed E-state index contributed by atoms with van der Waals surface area (Å²) in [6, 6.07) is 5.34. The van der Waals surface area contributed by atoms with Gasteiger partial charge in [-0.15, -0.1) is 0 Å². The van der Waals surface area contributed by atoms with Crippen molar-refractivity contribution in [3.8, 4) is 0 Å². The van der Waals surface area contributed by atoms with Crippen molar-refractivity contribution in [2.45, 2.75) is 32.7 Å². The Kier molecular flexibility index (Phi) is 4.31. The molecular weight excluding hydrogens is 296 g/mol. The van der Waals surface area contributed by atoms with Crippen LogP contribution in [0.4, 0.5) is 10.8 Å². The molecule has 1 aromatic carbocycles. The van der Waals surface area contributed by atoms with Crippen LogP contribution in [-0.4, -0.2) is 30.0 Å². The van der Waals surface area contributed by atoms with E-state index in [4.69, 9.17) is 5.73 Å². The Labute approximate surface area is 134 Å². The van der Waals surface area contributed by atoms with Crippen LogP contribution in [0.2, 0.25) is 0 Å². The number of hydrogen-bond donors (Lipinski definition) is 2. The highest BCUT2D eigenvalue weighted by Gasteiger charge is 2.19. The Balaban J connectivity index is 1.79. The maximum Gasteiger partial charge on any atom is 0.241 e. The molecule has 6 heteroatoms. The first kappa shape index (κ1) is 15.2. The largest absolute Gasteiger partial charge is 0.348 e. The third kappa shape index (κ3) is 3.08. The number of carbonyl (C=O) groups excluding carboxylic acids is 1. The lowest BCUT2D eigenvalue weighted by Gasteiger charge is -2.15. The molecule has 1 aromatic heterocycles. The first-order valence-corrected chi connectivity index (χ1v) is 8.58. The van der Waals surface area contributed by atoms with Crippen LogP contribution in [-0.2, 0) is 4.79 Å². The SMILES string of the molecule is CC(C)[C@H](N)C(=O)Nc1ccc2nc(N3CCCC3)sc2c1. The lowest BCUT2D eigenvalue weighted by atomic mass is 10.1. The van der Waals surface area contributed by atoms with Crippen molar-refractivity contribution >= 4 is 38.3 Å². The molecule has 3 rings (SSSR count). The average Bonchev–Trinajstić information content (AvgIpc) is 3.14. The summed E-state index contributed by atoms with van der Waals surface area (Å²) >= 11 is 1.68. The number of thiazole rings is 1. The number of anilines is 2. The molecule has 5 nitrogen and oxygen atoms in total. The fraction of sp³-hybridized carbons (Fsp3) is 0.500. The van der Waals surface area contributed by atoms with Crippen molar-refractivity contribution in [3.63, 3.8) is 0 Å². The van der Waals surface area contributed by atoms with Gasteiger partial charge in [0, 0.05) is 18.8 Å². The van der Waals surface area contributed by atoms with Gasteiger partial charge in [-0.05, 0) is 37.0 Å². The van der Waals surface area contributed by atoms with E-state index >= 15 is 0 Å². The molecule has 118 valence electrons. The van der Waals surface area contributed by atoms with E-state index in [0.717, 1.165) is 34.1 Å². The standard InChI is InChI=1S/C16H22N4OS/c1-10(2)14(17)15(21)18-11-5-6-12-13(9-11)22-16(19-12)20-7-3-4-8-20/h5-6,9-10,14H,3-4,7-8,17H2,1-2H3,(H,18,21)/t14-/m0/s1. The Morgan fingerprint density at radius 3 is 2.77 bits per heavy atom. The second-order valence-corrected chi connectivity index (χ2v) is 7.14. The maximum absolute atomic E-state index is 12.0. The number of rotatable bonds is 4. The number of nitrogens with one attached hydrogen (secondary N) is 1. The van der Waals surface area contributed by atoms with Gasteiger partial charge in [0.15, 0.2) is 5.13 Å². The van der Waals surface area contributed by atoms with E-state index in [-0.39, 0.29) is 11.8 Å². The van der Waals surface area contributed by atoms with Crippen LogP contribution >= 0.6 is 11.3 Å². The van der Waals surface area contributed by atoms with Crippen LogP contribution in [0.5, 0.6) is 0 Å². The highest BCUT2D eigenvalue weighted by molar-refractivity contribution is 7.22. The van der Waals surface area contributed by atoms with Gasteiger partial charge in [0.25, 0.3) is 0 Å². The van der Waals surface area contributed by atoms with Crippen LogP contribution in [0.1, 0.15) is 26.7 Å². The molecule has 2 heterocycles. The Morgan fingerprint density at radius 1 is 1.36 bits per heavy atom. The summed E-state index contributed by atoms with van der Waals surface area (Å²) in [7, 11) is 0. The average molecular weight is 318 g/mol. The van der Waals surface area contributed by atoms with Crippen molar-refractivity contribution < 1.29 is 4.79 Å². The first-order valence-electron chi connectivity index (χ1n) is 7.76. The number of aromatic nitrogens is 1. The number of nitrogens with two attached hydrogens (primary N) is 1. The number of nitrogens with zero attached hydrogens (tertiary/aromatic N) is 2. The van der Waals surface area contributed by atoms with Gasteiger partial charge in [0.2, 0.25) is 5.91 Å². The normalized spacial score (nSPS) is 16.5. The molecule has 0 spiro atoms. The van der Waals surface area contributed by atoms with Crippen molar-refractivity contribution in [2.24, 2.45) is 11.7 Å². The predicted octanol–water partition coefficient (Wildman–Crippen LogP) is 2.82. The van der Waals surface area contributed by atoms with E-state index in [2.05, 4.69) is 15.2 Å². The van der Waals surface area contributed by atoms with Gasteiger partial charge < -0.3 is 16.0 Å². The molecule has 2 aromatic rings. The van der Waals surface area contributed by atoms with Gasteiger partial charge in [0.05, 0.1) is 16.3 Å². The van der Waals surface area contributed by atoms with Crippen molar-refractivity contribution in [2.75, 3.05) is 23.3 Å². The van der Waals surface area contributed by atoms with E-state index < -0.39 is 6.04 Å². The highest BCUT2D eigenvalue weighted by atomic mass is 32.1. The summed E-state index contributed by atoms with van der Waals surface area (Å²) in [5.41, 5.74) is 7.65. The molecule has 1 aliphatic rings. The minimum atomic E-state index is -0.489. The van der Waals surface area contributed by atoms with Gasteiger partial charge in [0.1, 0.15) is 0 Å². The van der Waals surface area contributed by atoms with E-state index in [1.54, 1.807) is 11.3 Å². The Morgan fingerprint density at radius 2 is 2.09 bits per heavy atom. The van der Waals surface area contributed by atoms with Crippen LogP contribution in [0.25, 0.3) is 10.2 Å². The highest BCUT2D eigenvalue weighted by Crippen LogP contribution is 2.32. The number of fused-ring (bicyclic) bond motifs is 1. The van der Waals surface area contributed by atoms with Crippen LogP contribution in [0.3, 0.4) is 0 Å². The predicted molar refractivity (Wildman–Crippen MR) is 92.5 cm³/mol. The van der Waals surface area contributed by atoms with Crippen molar-refractivity contribution in [3.05, 3.63) is 18.2 Å². The molecule has 0 saturated carbocycles. The number of amides is 1. The smallest absolute Gasteiger partial charge is 0.241 e. The van der Waals surface area contributed by atoms with Gasteiger partial charge in [-0.2, -0.15) is 0 Å². The van der Waals surface area contributed by atoms with Gasteiger partial charge in [-0.3, -0.25) is 4.79 Å². The molecule has 0 aliphatic carbocycles. The number of hydrogen-bond acceptors (Lipinski definition) is 5. The zero-order valence-electron chi connectivity index (χ0n) is 13.0. The van der Waals surface area contributed by atoms with E-state index in [0.29, 0.717) is 0 Å². The minimum Gasteiger partial charge on any atom is -0.348 e. The second kappa shape index (κ2) is 6.22. The summed E-state index contributed by atoms with van der Waals surface area (Å²) in [5, 5.41) is 3.97. The van der Waals surface area contributed by atoms with E-state index in [1.807, 2.05) is 32.0 Å². The lowest BCUT2D eigenvalue weighted by molar-refractivity contribution is -0.118. The molecule has 0 radical (unpaired) electrons. The fourth-order valence-corrected chi connectivity index (χ4v) is 3.62. The monoisotopic (exact) mass is 318 g/mol. The van der Waals surface area contributed by atoms with Crippen LogP contribution in [0, 0.1) is 5.92 Å².